The van der Waals surface area contributed by atoms with Crippen LogP contribution in [-0.4, -0.2) is 28.0 Å². The zero-order valence-corrected chi connectivity index (χ0v) is 19.5. The molecule has 8 nitrogen and oxygen atoms in total. The van der Waals surface area contributed by atoms with Crippen LogP contribution in [0.2, 0.25) is 0 Å². The Balaban J connectivity index is 0.00000259. The number of hydrogen-bond acceptors (Lipinski definition) is 6. The molecule has 168 valence electrons. The van der Waals surface area contributed by atoms with Crippen molar-refractivity contribution in [2.24, 2.45) is 0 Å². The maximum atomic E-state index is 12.9. The van der Waals surface area contributed by atoms with Gasteiger partial charge in [-0.1, -0.05) is 30.3 Å². The summed E-state index contributed by atoms with van der Waals surface area (Å²) in [5.41, 5.74) is 2.03. The van der Waals surface area contributed by atoms with Gasteiger partial charge in [0.2, 0.25) is 0 Å². The Morgan fingerprint density at radius 3 is 2.27 bits per heavy atom. The second-order valence-electron chi connectivity index (χ2n) is 7.47. The first-order valence-electron chi connectivity index (χ1n) is 9.97. The normalized spacial score (nSPS) is 11.3. The van der Waals surface area contributed by atoms with Crippen molar-refractivity contribution in [1.82, 2.24) is 19.6 Å². The van der Waals surface area contributed by atoms with Gasteiger partial charge in [-0.3, -0.25) is 4.72 Å². The van der Waals surface area contributed by atoms with Gasteiger partial charge in [0.15, 0.2) is 0 Å². The zero-order valence-electron chi connectivity index (χ0n) is 17.9. The van der Waals surface area contributed by atoms with Crippen molar-refractivity contribution >= 4 is 56.2 Å². The van der Waals surface area contributed by atoms with E-state index >= 15 is 0 Å². The summed E-state index contributed by atoms with van der Waals surface area (Å²) < 4.78 is 30.0. The van der Waals surface area contributed by atoms with Gasteiger partial charge in [-0.25, -0.2) is 13.4 Å². The van der Waals surface area contributed by atoms with Gasteiger partial charge in [-0.15, -0.1) is 17.5 Å². The zero-order chi connectivity index (χ0) is 22.3. The molecule has 0 aliphatic heterocycles. The summed E-state index contributed by atoms with van der Waals surface area (Å²) in [7, 11) is -3.72. The van der Waals surface area contributed by atoms with Crippen LogP contribution in [0.4, 0.5) is 17.2 Å². The first-order chi connectivity index (χ1) is 15.4. The lowest BCUT2D eigenvalue weighted by Crippen LogP contribution is -2.13. The average Bonchev–Trinajstić information content (AvgIpc) is 3.14. The molecule has 0 saturated carbocycles. The Morgan fingerprint density at radius 2 is 1.52 bits per heavy atom. The molecule has 0 amide bonds. The van der Waals surface area contributed by atoms with Gasteiger partial charge in [0.1, 0.15) is 11.6 Å². The molecule has 0 spiro atoms. The second kappa shape index (κ2) is 8.68. The third kappa shape index (κ3) is 4.59. The molecule has 5 aromatic rings. The Morgan fingerprint density at radius 1 is 0.818 bits per heavy atom. The summed E-state index contributed by atoms with van der Waals surface area (Å²) in [6.07, 6.45) is 0. The molecule has 2 aromatic heterocycles. The lowest BCUT2D eigenvalue weighted by atomic mass is 10.1. The van der Waals surface area contributed by atoms with E-state index in [9.17, 15) is 8.42 Å². The van der Waals surface area contributed by atoms with Crippen molar-refractivity contribution in [3.05, 3.63) is 84.3 Å². The number of fused-ring (bicyclic) bond motifs is 2. The van der Waals surface area contributed by atoms with Crippen molar-refractivity contribution in [1.29, 1.82) is 0 Å². The number of hydrogen-bond donors (Lipinski definition) is 2. The van der Waals surface area contributed by atoms with Gasteiger partial charge < -0.3 is 5.32 Å². The van der Waals surface area contributed by atoms with E-state index in [2.05, 4.69) is 25.1 Å². The molecule has 0 fully saturated rings. The Hall–Kier alpha value is -3.69. The highest BCUT2D eigenvalue weighted by atomic mass is 35.5. The average molecular weight is 481 g/mol. The molecule has 2 N–H and O–H groups in total. The molecule has 10 heteroatoms. The van der Waals surface area contributed by atoms with Gasteiger partial charge in [0, 0.05) is 23.1 Å². The highest BCUT2D eigenvalue weighted by Gasteiger charge is 2.15. The molecule has 0 aliphatic rings. The van der Waals surface area contributed by atoms with Crippen LogP contribution in [0.15, 0.2) is 77.7 Å². The largest absolute Gasteiger partial charge is 0.340 e. The monoisotopic (exact) mass is 480 g/mol. The van der Waals surface area contributed by atoms with E-state index in [4.69, 9.17) is 0 Å². The van der Waals surface area contributed by atoms with Crippen LogP contribution in [0.5, 0.6) is 0 Å². The first-order valence-corrected chi connectivity index (χ1v) is 11.5. The van der Waals surface area contributed by atoms with Crippen LogP contribution in [0, 0.1) is 13.8 Å². The number of anilines is 3. The third-order valence-corrected chi connectivity index (χ3v) is 6.38. The third-order valence-electron chi connectivity index (χ3n) is 4.98. The Labute approximate surface area is 197 Å². The van der Waals surface area contributed by atoms with Crippen LogP contribution >= 0.6 is 12.4 Å². The lowest BCUT2D eigenvalue weighted by Gasteiger charge is -2.11. The van der Waals surface area contributed by atoms with Crippen LogP contribution in [0.25, 0.3) is 16.6 Å². The van der Waals surface area contributed by atoms with E-state index in [1.165, 1.54) is 0 Å². The summed E-state index contributed by atoms with van der Waals surface area (Å²) in [6.45, 7) is 3.68. The standard InChI is InChI=1S/C23H20N6O2S.ClH/c1-15-13-22(29-23(24-15)25-16(2)27-29)26-19-9-11-21(12-10-19)32(30,31)28-20-8-7-17-5-3-4-6-18(17)14-20;/h3-14,26,28H,1-2H3;1H. The van der Waals surface area contributed by atoms with E-state index in [-0.39, 0.29) is 17.3 Å². The number of halogens is 1. The number of nitrogens with one attached hydrogen (secondary N) is 2. The van der Waals surface area contributed by atoms with Gasteiger partial charge in [-0.2, -0.15) is 9.50 Å². The number of aryl methyl sites for hydroxylation is 2. The molecule has 0 radical (unpaired) electrons. The van der Waals surface area contributed by atoms with E-state index in [0.29, 0.717) is 23.1 Å². The Kier molecular flexibility index (Phi) is 5.92. The molecule has 2 heterocycles. The lowest BCUT2D eigenvalue weighted by molar-refractivity contribution is 0.601. The second-order valence-corrected chi connectivity index (χ2v) is 9.15. The van der Waals surface area contributed by atoms with Crippen LogP contribution in [0.1, 0.15) is 11.5 Å². The summed E-state index contributed by atoms with van der Waals surface area (Å²) >= 11 is 0. The number of sulfonamides is 1. The van der Waals surface area contributed by atoms with E-state index in [1.54, 1.807) is 41.8 Å². The summed E-state index contributed by atoms with van der Waals surface area (Å²) in [5.74, 6) is 1.81. The fraction of sp³-hybridized carbons (Fsp3) is 0.0870. The maximum absolute atomic E-state index is 12.9. The fourth-order valence-corrected chi connectivity index (χ4v) is 4.56. The number of nitrogens with zero attached hydrogens (tertiary/aromatic N) is 4. The molecule has 0 unspecified atom stereocenters. The first kappa shape index (κ1) is 22.5. The van der Waals surface area contributed by atoms with E-state index in [0.717, 1.165) is 22.2 Å². The van der Waals surface area contributed by atoms with Crippen molar-refractivity contribution in [2.45, 2.75) is 18.7 Å². The predicted octanol–water partition coefficient (Wildman–Crippen LogP) is 4.86. The quantitative estimate of drug-likeness (QED) is 0.372. The van der Waals surface area contributed by atoms with Crippen molar-refractivity contribution < 1.29 is 8.42 Å². The molecule has 0 saturated heterocycles. The smallest absolute Gasteiger partial charge is 0.261 e. The molecule has 0 atom stereocenters. The van der Waals surface area contributed by atoms with Crippen LogP contribution in [-0.2, 0) is 10.0 Å². The minimum absolute atomic E-state index is 0. The highest BCUT2D eigenvalue weighted by Crippen LogP contribution is 2.24. The number of aromatic nitrogens is 4. The minimum Gasteiger partial charge on any atom is -0.340 e. The highest BCUT2D eigenvalue weighted by molar-refractivity contribution is 7.92. The molecule has 33 heavy (non-hydrogen) atoms. The summed E-state index contributed by atoms with van der Waals surface area (Å²) in [6, 6.07) is 21.7. The topological polar surface area (TPSA) is 101 Å². The molecule has 3 aromatic carbocycles. The molecule has 0 aliphatic carbocycles. The molecular weight excluding hydrogens is 460 g/mol. The van der Waals surface area contributed by atoms with Gasteiger partial charge >= 0.3 is 0 Å². The predicted molar refractivity (Wildman–Crippen MR) is 132 cm³/mol. The van der Waals surface area contributed by atoms with E-state index in [1.807, 2.05) is 49.4 Å². The van der Waals surface area contributed by atoms with Gasteiger partial charge in [0.05, 0.1) is 4.90 Å². The molecule has 5 rings (SSSR count). The minimum atomic E-state index is -3.72. The van der Waals surface area contributed by atoms with Gasteiger partial charge in [0.25, 0.3) is 15.8 Å². The fourth-order valence-electron chi connectivity index (χ4n) is 3.51. The van der Waals surface area contributed by atoms with Crippen LogP contribution < -0.4 is 10.0 Å². The van der Waals surface area contributed by atoms with E-state index < -0.39 is 10.0 Å². The number of benzene rings is 3. The Bertz CT molecular complexity index is 1570. The molecule has 0 bridgehead atoms. The summed E-state index contributed by atoms with van der Waals surface area (Å²) in [5, 5.41) is 9.62. The van der Waals surface area contributed by atoms with Crippen molar-refractivity contribution in [2.75, 3.05) is 10.0 Å². The van der Waals surface area contributed by atoms with Crippen molar-refractivity contribution in [3.63, 3.8) is 0 Å². The molecular formula is C23H21ClN6O2S. The summed E-state index contributed by atoms with van der Waals surface area (Å²) in [4.78, 5) is 8.83. The maximum Gasteiger partial charge on any atom is 0.261 e. The number of rotatable bonds is 5. The van der Waals surface area contributed by atoms with Gasteiger partial charge in [-0.05, 0) is 61.0 Å². The van der Waals surface area contributed by atoms with Crippen molar-refractivity contribution in [3.8, 4) is 0 Å². The van der Waals surface area contributed by atoms with Crippen LogP contribution in [0.3, 0.4) is 0 Å². The SMILES string of the molecule is Cc1cc(Nc2ccc(S(=O)(=O)Nc3ccc4ccccc4c3)cc2)n2nc(C)nc2n1.Cl.